The monoisotopic (exact) mass is 283 g/mol. The first-order valence-electron chi connectivity index (χ1n) is 5.97. The van der Waals surface area contributed by atoms with Gasteiger partial charge in [-0.3, -0.25) is 4.57 Å². The molecule has 1 aliphatic heterocycles. The molecule has 0 aromatic carbocycles. The van der Waals surface area contributed by atoms with Crippen LogP contribution >= 0.6 is 11.6 Å². The Hall–Kier alpha value is -1.44. The van der Waals surface area contributed by atoms with Gasteiger partial charge < -0.3 is 15.6 Å². The predicted octanol–water partition coefficient (Wildman–Crippen LogP) is 0.687. The number of aliphatic hydroxyl groups is 1. The maximum Gasteiger partial charge on any atom is 0.167 e. The van der Waals surface area contributed by atoms with Crippen molar-refractivity contribution in [3.8, 4) is 0 Å². The molecule has 2 aromatic rings. The molecule has 2 atom stereocenters. The van der Waals surface area contributed by atoms with E-state index in [1.54, 1.807) is 10.9 Å². The smallest absolute Gasteiger partial charge is 0.167 e. The van der Waals surface area contributed by atoms with Crippen molar-refractivity contribution in [2.75, 3.05) is 18.2 Å². The fraction of sp³-hybridized carbons (Fsp3) is 0.545. The van der Waals surface area contributed by atoms with Crippen molar-refractivity contribution < 1.29 is 9.84 Å². The number of halogens is 1. The van der Waals surface area contributed by atoms with Gasteiger partial charge in [-0.1, -0.05) is 0 Å². The van der Waals surface area contributed by atoms with Crippen LogP contribution in [0.25, 0.3) is 11.2 Å². The highest BCUT2D eigenvalue weighted by Crippen LogP contribution is 2.38. The zero-order valence-corrected chi connectivity index (χ0v) is 10.9. The van der Waals surface area contributed by atoms with Gasteiger partial charge in [0, 0.05) is 0 Å². The van der Waals surface area contributed by atoms with E-state index in [4.69, 9.17) is 22.1 Å². The molecule has 7 nitrogen and oxygen atoms in total. The van der Waals surface area contributed by atoms with E-state index < -0.39 is 5.60 Å². The number of aromatic nitrogens is 4. The third-order valence-electron chi connectivity index (χ3n) is 3.46. The van der Waals surface area contributed by atoms with Gasteiger partial charge in [-0.25, -0.2) is 15.0 Å². The van der Waals surface area contributed by atoms with Crippen molar-refractivity contribution in [1.82, 2.24) is 19.5 Å². The molecule has 3 rings (SSSR count). The molecule has 0 aliphatic carbocycles. The first-order valence-corrected chi connectivity index (χ1v) is 6.50. The van der Waals surface area contributed by atoms with E-state index in [1.807, 2.05) is 0 Å². The average molecular weight is 284 g/mol. The third kappa shape index (κ3) is 1.94. The third-order valence-corrected chi connectivity index (χ3v) is 3.95. The number of imidazole rings is 1. The van der Waals surface area contributed by atoms with Crippen molar-refractivity contribution >= 4 is 28.6 Å². The van der Waals surface area contributed by atoms with Crippen LogP contribution < -0.4 is 5.73 Å². The summed E-state index contributed by atoms with van der Waals surface area (Å²) in [7, 11) is 0. The molecule has 1 saturated heterocycles. The van der Waals surface area contributed by atoms with Crippen LogP contribution in [0.4, 0.5) is 5.82 Å². The van der Waals surface area contributed by atoms with Crippen LogP contribution in [0.5, 0.6) is 0 Å². The lowest BCUT2D eigenvalue weighted by atomic mass is 10.0. The molecule has 0 unspecified atom stereocenters. The van der Waals surface area contributed by atoms with Crippen molar-refractivity contribution in [3.63, 3.8) is 0 Å². The number of nitrogens with zero attached hydrogens (tertiary/aromatic N) is 4. The summed E-state index contributed by atoms with van der Waals surface area (Å²) in [6.45, 7) is -0.100. The first kappa shape index (κ1) is 12.6. The maximum atomic E-state index is 9.41. The SMILES string of the molecule is Nc1ncnc2c1ncn2[C@H]1CC[C@](CO)(CCl)O1. The Morgan fingerprint density at radius 1 is 1.53 bits per heavy atom. The molecule has 0 radical (unpaired) electrons. The predicted molar refractivity (Wildman–Crippen MR) is 69.6 cm³/mol. The number of aliphatic hydroxyl groups excluding tert-OH is 1. The van der Waals surface area contributed by atoms with E-state index in [0.717, 1.165) is 6.42 Å². The summed E-state index contributed by atoms with van der Waals surface area (Å²) in [5, 5.41) is 9.41. The first-order chi connectivity index (χ1) is 9.19. The van der Waals surface area contributed by atoms with Gasteiger partial charge in [0.2, 0.25) is 0 Å². The number of fused-ring (bicyclic) bond motifs is 1. The van der Waals surface area contributed by atoms with Gasteiger partial charge in [-0.15, -0.1) is 11.6 Å². The highest BCUT2D eigenvalue weighted by Gasteiger charge is 2.40. The second-order valence-corrected chi connectivity index (χ2v) is 4.94. The lowest BCUT2D eigenvalue weighted by Crippen LogP contribution is -2.35. The van der Waals surface area contributed by atoms with E-state index in [2.05, 4.69) is 15.0 Å². The quantitative estimate of drug-likeness (QED) is 0.804. The molecule has 0 spiro atoms. The lowest BCUT2D eigenvalue weighted by Gasteiger charge is -2.24. The van der Waals surface area contributed by atoms with Crippen LogP contribution in [0.15, 0.2) is 12.7 Å². The number of rotatable bonds is 3. The van der Waals surface area contributed by atoms with Crippen molar-refractivity contribution in [3.05, 3.63) is 12.7 Å². The van der Waals surface area contributed by atoms with Gasteiger partial charge >= 0.3 is 0 Å². The molecule has 1 fully saturated rings. The molecule has 2 aromatic heterocycles. The standard InChI is InChI=1S/C11H14ClN5O2/c12-3-11(4-18)2-1-7(19-11)17-6-16-8-9(13)14-5-15-10(8)17/h5-7,18H,1-4H2,(H2,13,14,15)/t7-,11-/m1/s1. The molecule has 0 saturated carbocycles. The Morgan fingerprint density at radius 3 is 3.05 bits per heavy atom. The number of nitrogen functional groups attached to an aromatic ring is 1. The summed E-state index contributed by atoms with van der Waals surface area (Å²) in [5.41, 5.74) is 6.25. The molecular formula is C11H14ClN5O2. The molecule has 3 N–H and O–H groups in total. The van der Waals surface area contributed by atoms with Crippen LogP contribution in [0.3, 0.4) is 0 Å². The Balaban J connectivity index is 1.96. The van der Waals surface area contributed by atoms with Crippen LogP contribution in [0.2, 0.25) is 0 Å². The van der Waals surface area contributed by atoms with E-state index in [-0.39, 0.29) is 18.7 Å². The van der Waals surface area contributed by atoms with E-state index in [1.165, 1.54) is 6.33 Å². The topological polar surface area (TPSA) is 99.1 Å². The van der Waals surface area contributed by atoms with Gasteiger partial charge in [-0.05, 0) is 12.8 Å². The second-order valence-electron chi connectivity index (χ2n) is 4.67. The largest absolute Gasteiger partial charge is 0.393 e. The molecule has 3 heterocycles. The Bertz CT molecular complexity index is 598. The van der Waals surface area contributed by atoms with Gasteiger partial charge in [0.1, 0.15) is 23.7 Å². The summed E-state index contributed by atoms with van der Waals surface area (Å²) in [6.07, 6.45) is 4.21. The van der Waals surface area contributed by atoms with Crippen LogP contribution in [0.1, 0.15) is 19.1 Å². The Labute approximate surface area is 114 Å². The number of alkyl halides is 1. The number of nitrogens with two attached hydrogens (primary N) is 1. The summed E-state index contributed by atoms with van der Waals surface area (Å²) in [4.78, 5) is 12.3. The van der Waals surface area contributed by atoms with Crippen molar-refractivity contribution in [2.45, 2.75) is 24.7 Å². The van der Waals surface area contributed by atoms with E-state index in [0.29, 0.717) is 23.4 Å². The normalized spacial score (nSPS) is 27.2. The van der Waals surface area contributed by atoms with Gasteiger partial charge in [-0.2, -0.15) is 0 Å². The molecule has 102 valence electrons. The molecule has 8 heteroatoms. The lowest BCUT2D eigenvalue weighted by molar-refractivity contribution is -0.0832. The summed E-state index contributed by atoms with van der Waals surface area (Å²) in [6, 6.07) is 0. The molecule has 0 amide bonds. The number of hydrogen-bond donors (Lipinski definition) is 2. The minimum absolute atomic E-state index is 0.100. The molecular weight excluding hydrogens is 270 g/mol. The van der Waals surface area contributed by atoms with Gasteiger partial charge in [0.05, 0.1) is 18.8 Å². The fourth-order valence-electron chi connectivity index (χ4n) is 2.33. The fourth-order valence-corrected chi connectivity index (χ4v) is 2.61. The average Bonchev–Trinajstić information content (AvgIpc) is 3.03. The van der Waals surface area contributed by atoms with Crippen molar-refractivity contribution in [1.29, 1.82) is 0 Å². The maximum absolute atomic E-state index is 9.41. The zero-order chi connectivity index (χ0) is 13.5. The van der Waals surface area contributed by atoms with Crippen molar-refractivity contribution in [2.24, 2.45) is 0 Å². The van der Waals surface area contributed by atoms with Gasteiger partial charge in [0.25, 0.3) is 0 Å². The van der Waals surface area contributed by atoms with Crippen LogP contribution in [-0.4, -0.2) is 42.7 Å². The second kappa shape index (κ2) is 4.59. The Kier molecular flexibility index (Phi) is 3.04. The molecule has 19 heavy (non-hydrogen) atoms. The minimum Gasteiger partial charge on any atom is -0.393 e. The number of ether oxygens (including phenoxy) is 1. The summed E-state index contributed by atoms with van der Waals surface area (Å²) >= 11 is 5.88. The van der Waals surface area contributed by atoms with Crippen LogP contribution in [-0.2, 0) is 4.74 Å². The van der Waals surface area contributed by atoms with E-state index >= 15 is 0 Å². The van der Waals surface area contributed by atoms with Gasteiger partial charge in [0.15, 0.2) is 11.5 Å². The molecule has 1 aliphatic rings. The van der Waals surface area contributed by atoms with Crippen LogP contribution in [0, 0.1) is 0 Å². The number of hydrogen-bond acceptors (Lipinski definition) is 6. The summed E-state index contributed by atoms with van der Waals surface area (Å²) in [5.74, 6) is 0.594. The highest BCUT2D eigenvalue weighted by molar-refractivity contribution is 6.18. The Morgan fingerprint density at radius 2 is 2.37 bits per heavy atom. The van der Waals surface area contributed by atoms with E-state index in [9.17, 15) is 5.11 Å². The number of anilines is 1. The highest BCUT2D eigenvalue weighted by atomic mass is 35.5. The summed E-state index contributed by atoms with van der Waals surface area (Å²) < 4.78 is 7.68. The minimum atomic E-state index is -0.679. The zero-order valence-electron chi connectivity index (χ0n) is 10.2. The molecule has 0 bridgehead atoms.